The van der Waals surface area contributed by atoms with Crippen LogP contribution < -0.4 is 5.73 Å². The molecular formula is C5H5FN2O. The number of hydrogen-bond donors (Lipinski definition) is 1. The summed E-state index contributed by atoms with van der Waals surface area (Å²) in [5.74, 6) is -0.824. The van der Waals surface area contributed by atoms with E-state index < -0.39 is 12.1 Å². The maximum Gasteiger partial charge on any atom is 0.286 e. The lowest BCUT2D eigenvalue weighted by Gasteiger charge is -2.05. The second-order valence-electron chi connectivity index (χ2n) is 1.65. The zero-order valence-electron chi connectivity index (χ0n) is 4.54. The van der Waals surface area contributed by atoms with Crippen LogP contribution in [-0.2, 0) is 4.79 Å². The van der Waals surface area contributed by atoms with Crippen molar-refractivity contribution in [1.82, 2.24) is 0 Å². The molecule has 2 N–H and O–H groups in total. The van der Waals surface area contributed by atoms with Gasteiger partial charge in [0.15, 0.2) is 0 Å². The van der Waals surface area contributed by atoms with E-state index in [0.717, 1.165) is 0 Å². The molecule has 1 amide bonds. The highest BCUT2D eigenvalue weighted by Crippen LogP contribution is 2.05. The van der Waals surface area contributed by atoms with Gasteiger partial charge in [-0.05, 0) is 6.08 Å². The van der Waals surface area contributed by atoms with Crippen molar-refractivity contribution in [3.05, 3.63) is 11.8 Å². The Balaban J connectivity index is 2.86. The topological polar surface area (TPSA) is 55.4 Å². The van der Waals surface area contributed by atoms with Gasteiger partial charge in [0, 0.05) is 6.21 Å². The predicted molar refractivity (Wildman–Crippen MR) is 30.7 cm³/mol. The number of amides is 1. The van der Waals surface area contributed by atoms with Crippen molar-refractivity contribution >= 4 is 12.1 Å². The van der Waals surface area contributed by atoms with E-state index in [0.29, 0.717) is 0 Å². The summed E-state index contributed by atoms with van der Waals surface area (Å²) >= 11 is 0. The quantitative estimate of drug-likeness (QED) is 0.490. The van der Waals surface area contributed by atoms with Crippen molar-refractivity contribution in [3.63, 3.8) is 0 Å². The zero-order valence-corrected chi connectivity index (χ0v) is 4.54. The van der Waals surface area contributed by atoms with Crippen molar-refractivity contribution in [2.75, 3.05) is 0 Å². The monoisotopic (exact) mass is 128 g/mol. The summed E-state index contributed by atoms with van der Waals surface area (Å²) in [7, 11) is 0. The lowest BCUT2D eigenvalue weighted by molar-refractivity contribution is -0.121. The fraction of sp³-hybridized carbons (Fsp3) is 0.200. The number of alkyl halides is 1. The Labute approximate surface area is 51.1 Å². The molecule has 1 heterocycles. The summed E-state index contributed by atoms with van der Waals surface area (Å²) in [5.41, 5.74) is 4.97. The number of halogens is 1. The Morgan fingerprint density at radius 3 is 2.89 bits per heavy atom. The van der Waals surface area contributed by atoms with Gasteiger partial charge in [-0.15, -0.1) is 0 Å². The van der Waals surface area contributed by atoms with Gasteiger partial charge in [-0.2, -0.15) is 0 Å². The highest BCUT2D eigenvalue weighted by atomic mass is 19.1. The predicted octanol–water partition coefficient (Wildman–Crippen LogP) is -0.222. The first-order chi connectivity index (χ1) is 4.22. The minimum atomic E-state index is -1.73. The minimum absolute atomic E-state index is 0.0741. The molecule has 48 valence electrons. The van der Waals surface area contributed by atoms with Crippen molar-refractivity contribution in [2.45, 2.75) is 6.17 Å². The lowest BCUT2D eigenvalue weighted by atomic mass is 10.2. The molecule has 0 saturated heterocycles. The molecule has 0 spiro atoms. The van der Waals surface area contributed by atoms with E-state index in [1.807, 2.05) is 0 Å². The van der Waals surface area contributed by atoms with Gasteiger partial charge in [0.1, 0.15) is 0 Å². The van der Waals surface area contributed by atoms with Crippen LogP contribution in [0, 0.1) is 0 Å². The molecule has 0 aliphatic carbocycles. The number of dihydropyridines is 1. The molecule has 0 aromatic rings. The normalized spacial score (nSPS) is 26.1. The molecule has 0 fully saturated rings. The van der Waals surface area contributed by atoms with E-state index in [2.05, 4.69) is 4.99 Å². The molecule has 0 bridgehead atoms. The van der Waals surface area contributed by atoms with Gasteiger partial charge in [0.05, 0.1) is 5.70 Å². The van der Waals surface area contributed by atoms with E-state index in [4.69, 9.17) is 5.73 Å². The number of aliphatic imine (C=N–C) groups is 1. The molecule has 1 aliphatic heterocycles. The Kier molecular flexibility index (Phi) is 1.30. The van der Waals surface area contributed by atoms with Crippen LogP contribution >= 0.6 is 0 Å². The Morgan fingerprint density at radius 1 is 1.78 bits per heavy atom. The Bertz CT molecular complexity index is 197. The second kappa shape index (κ2) is 1.97. The van der Waals surface area contributed by atoms with Gasteiger partial charge in [0.25, 0.3) is 5.91 Å². The number of hydrogen-bond acceptors (Lipinski definition) is 2. The Morgan fingerprint density at radius 2 is 2.44 bits per heavy atom. The molecule has 0 aromatic heterocycles. The van der Waals surface area contributed by atoms with E-state index in [-0.39, 0.29) is 5.70 Å². The maximum absolute atomic E-state index is 12.3. The van der Waals surface area contributed by atoms with E-state index in [1.165, 1.54) is 12.3 Å². The van der Waals surface area contributed by atoms with Gasteiger partial charge < -0.3 is 5.73 Å². The van der Waals surface area contributed by atoms with E-state index in [1.54, 1.807) is 0 Å². The second-order valence-corrected chi connectivity index (χ2v) is 1.65. The van der Waals surface area contributed by atoms with Gasteiger partial charge in [0.2, 0.25) is 6.17 Å². The summed E-state index contributed by atoms with van der Waals surface area (Å²) < 4.78 is 12.3. The number of allylic oxidation sites excluding steroid dienone is 1. The third-order valence-corrected chi connectivity index (χ3v) is 0.978. The summed E-state index contributed by atoms with van der Waals surface area (Å²) in [6.45, 7) is 0. The first kappa shape index (κ1) is 5.94. The van der Waals surface area contributed by atoms with Gasteiger partial charge in [-0.25, -0.2) is 9.38 Å². The zero-order chi connectivity index (χ0) is 6.85. The molecule has 1 aliphatic rings. The molecule has 1 rings (SSSR count). The van der Waals surface area contributed by atoms with Crippen LogP contribution in [0.4, 0.5) is 4.39 Å². The lowest BCUT2D eigenvalue weighted by Crippen LogP contribution is -2.24. The average Bonchev–Trinajstić information content (AvgIpc) is 1.83. The molecular weight excluding hydrogens is 123 g/mol. The standard InChI is InChI=1S/C5H5FN2O/c6-4-3(7)1-2-8-5(4)9/h1-2,4H,7H2. The molecule has 9 heavy (non-hydrogen) atoms. The number of nitrogens with zero attached hydrogens (tertiary/aromatic N) is 1. The van der Waals surface area contributed by atoms with Crippen molar-refractivity contribution in [1.29, 1.82) is 0 Å². The molecule has 0 saturated carbocycles. The summed E-state index contributed by atoms with van der Waals surface area (Å²) in [5, 5.41) is 0. The first-order valence-electron chi connectivity index (χ1n) is 2.39. The third kappa shape index (κ3) is 0.960. The number of rotatable bonds is 0. The van der Waals surface area contributed by atoms with Crippen molar-refractivity contribution in [2.24, 2.45) is 10.7 Å². The van der Waals surface area contributed by atoms with E-state index >= 15 is 0 Å². The maximum atomic E-state index is 12.3. The fourth-order valence-electron chi connectivity index (χ4n) is 0.489. The van der Waals surface area contributed by atoms with Gasteiger partial charge >= 0.3 is 0 Å². The number of nitrogens with two attached hydrogens (primary N) is 1. The van der Waals surface area contributed by atoms with Crippen molar-refractivity contribution in [3.8, 4) is 0 Å². The van der Waals surface area contributed by atoms with Crippen LogP contribution in [0.3, 0.4) is 0 Å². The summed E-state index contributed by atoms with van der Waals surface area (Å²) in [4.78, 5) is 13.5. The molecule has 0 aromatic carbocycles. The molecule has 0 radical (unpaired) electrons. The fourth-order valence-corrected chi connectivity index (χ4v) is 0.489. The van der Waals surface area contributed by atoms with Gasteiger partial charge in [-0.1, -0.05) is 0 Å². The van der Waals surface area contributed by atoms with Crippen LogP contribution in [-0.4, -0.2) is 18.3 Å². The summed E-state index contributed by atoms with van der Waals surface area (Å²) in [6.07, 6.45) is 0.731. The average molecular weight is 128 g/mol. The molecule has 1 atom stereocenters. The van der Waals surface area contributed by atoms with Gasteiger partial charge in [-0.3, -0.25) is 4.79 Å². The largest absolute Gasteiger partial charge is 0.399 e. The SMILES string of the molecule is NC1=CC=NC(=O)C1F. The van der Waals surface area contributed by atoms with E-state index in [9.17, 15) is 9.18 Å². The first-order valence-corrected chi connectivity index (χ1v) is 2.39. The molecule has 1 unspecified atom stereocenters. The smallest absolute Gasteiger partial charge is 0.286 e. The van der Waals surface area contributed by atoms with Crippen LogP contribution in [0.5, 0.6) is 0 Å². The number of carbonyl (C=O) groups is 1. The Hall–Kier alpha value is -1.19. The molecule has 3 nitrogen and oxygen atoms in total. The summed E-state index contributed by atoms with van der Waals surface area (Å²) in [6, 6.07) is 0. The minimum Gasteiger partial charge on any atom is -0.399 e. The van der Waals surface area contributed by atoms with Crippen LogP contribution in [0.15, 0.2) is 16.8 Å². The van der Waals surface area contributed by atoms with Crippen LogP contribution in [0.25, 0.3) is 0 Å². The number of carbonyl (C=O) groups excluding carboxylic acids is 1. The highest BCUT2D eigenvalue weighted by molar-refractivity contribution is 5.96. The third-order valence-electron chi connectivity index (χ3n) is 0.978. The van der Waals surface area contributed by atoms with Crippen LogP contribution in [0.1, 0.15) is 0 Å². The van der Waals surface area contributed by atoms with Crippen molar-refractivity contribution < 1.29 is 9.18 Å². The highest BCUT2D eigenvalue weighted by Gasteiger charge is 2.20. The van der Waals surface area contributed by atoms with Crippen LogP contribution in [0.2, 0.25) is 0 Å². The molecule has 4 heteroatoms.